The summed E-state index contributed by atoms with van der Waals surface area (Å²) < 4.78 is 15.9. The zero-order chi connectivity index (χ0) is 14.6. The summed E-state index contributed by atoms with van der Waals surface area (Å²) in [5.41, 5.74) is 0.902. The predicted molar refractivity (Wildman–Crippen MR) is 75.4 cm³/mol. The zero-order valence-corrected chi connectivity index (χ0v) is 11.9. The van der Waals surface area contributed by atoms with Crippen LogP contribution in [0.25, 0.3) is 0 Å². The van der Waals surface area contributed by atoms with Crippen molar-refractivity contribution in [1.82, 2.24) is 14.8 Å². The largest absolute Gasteiger partial charge is 0.384 e. The minimum absolute atomic E-state index is 0.128. The quantitative estimate of drug-likeness (QED) is 0.943. The molecule has 0 spiro atoms. The van der Waals surface area contributed by atoms with Gasteiger partial charge in [-0.25, -0.2) is 14.1 Å². The van der Waals surface area contributed by atoms with Crippen molar-refractivity contribution in [3.05, 3.63) is 47.5 Å². The Bertz CT molecular complexity index is 665. The molecule has 1 fully saturated rings. The maximum Gasteiger partial charge on any atom is 0.180 e. The average Bonchev–Trinajstić information content (AvgIpc) is 2.98. The van der Waals surface area contributed by atoms with Crippen molar-refractivity contribution in [2.24, 2.45) is 5.41 Å². The van der Waals surface area contributed by atoms with E-state index in [0.717, 1.165) is 18.4 Å². The van der Waals surface area contributed by atoms with E-state index in [2.05, 4.69) is 10.1 Å². The molecule has 1 aromatic carbocycles. The molecule has 0 saturated heterocycles. The molecule has 0 unspecified atom stereocenters. The van der Waals surface area contributed by atoms with Gasteiger partial charge < -0.3 is 5.11 Å². The molecule has 0 radical (unpaired) electrons. The molecule has 3 atom stereocenters. The number of aliphatic hydroxyl groups is 1. The van der Waals surface area contributed by atoms with Crippen LogP contribution in [-0.4, -0.2) is 19.9 Å². The molecule has 4 rings (SSSR count). The highest BCUT2D eigenvalue weighted by atomic mass is 19.1. The van der Waals surface area contributed by atoms with Crippen molar-refractivity contribution in [1.29, 1.82) is 0 Å². The van der Waals surface area contributed by atoms with Crippen LogP contribution in [0.5, 0.6) is 0 Å². The van der Waals surface area contributed by atoms with E-state index < -0.39 is 12.3 Å². The minimum atomic E-state index is -1.12. The van der Waals surface area contributed by atoms with Gasteiger partial charge in [0.2, 0.25) is 0 Å². The molecule has 4 nitrogen and oxygen atoms in total. The van der Waals surface area contributed by atoms with Gasteiger partial charge in [-0.1, -0.05) is 37.3 Å². The lowest BCUT2D eigenvalue weighted by atomic mass is 10.0. The van der Waals surface area contributed by atoms with E-state index >= 15 is 0 Å². The highest BCUT2D eigenvalue weighted by Gasteiger charge is 2.48. The molecule has 0 bridgehead atoms. The zero-order valence-electron chi connectivity index (χ0n) is 11.9. The second kappa shape index (κ2) is 4.37. The number of aromatic nitrogens is 3. The third-order valence-corrected chi connectivity index (χ3v) is 4.81. The van der Waals surface area contributed by atoms with Crippen molar-refractivity contribution >= 4 is 0 Å². The Morgan fingerprint density at radius 2 is 2.05 bits per heavy atom. The summed E-state index contributed by atoms with van der Waals surface area (Å²) in [6.07, 6.45) is 0.501. The van der Waals surface area contributed by atoms with Gasteiger partial charge in [-0.05, 0) is 18.4 Å². The fourth-order valence-electron chi connectivity index (χ4n) is 3.05. The summed E-state index contributed by atoms with van der Waals surface area (Å²) in [6, 6.07) is 9.66. The van der Waals surface area contributed by atoms with E-state index in [4.69, 9.17) is 0 Å². The van der Waals surface area contributed by atoms with Gasteiger partial charge in [0.25, 0.3) is 0 Å². The monoisotopic (exact) mass is 287 g/mol. The van der Waals surface area contributed by atoms with Crippen LogP contribution in [0.1, 0.15) is 61.7 Å². The lowest BCUT2D eigenvalue weighted by Crippen LogP contribution is -2.13. The summed E-state index contributed by atoms with van der Waals surface area (Å²) in [4.78, 5) is 4.28. The predicted octanol–water partition coefficient (Wildman–Crippen LogP) is 3.12. The first kappa shape index (κ1) is 13.0. The maximum absolute atomic E-state index is 14.2. The van der Waals surface area contributed by atoms with E-state index in [-0.39, 0.29) is 11.5 Å². The summed E-state index contributed by atoms with van der Waals surface area (Å²) >= 11 is 0. The van der Waals surface area contributed by atoms with Gasteiger partial charge in [-0.3, -0.25) is 0 Å². The molecule has 2 heterocycles. The lowest BCUT2D eigenvalue weighted by molar-refractivity contribution is 0.0940. The van der Waals surface area contributed by atoms with Crippen molar-refractivity contribution in [3.8, 4) is 0 Å². The number of alkyl halides is 1. The van der Waals surface area contributed by atoms with Gasteiger partial charge >= 0.3 is 0 Å². The number of benzene rings is 1. The number of nitrogens with zero attached hydrogens (tertiary/aromatic N) is 3. The molecule has 1 saturated carbocycles. The van der Waals surface area contributed by atoms with Crippen LogP contribution in [0.15, 0.2) is 30.3 Å². The van der Waals surface area contributed by atoms with Crippen molar-refractivity contribution < 1.29 is 9.50 Å². The van der Waals surface area contributed by atoms with Gasteiger partial charge in [0.1, 0.15) is 6.10 Å². The van der Waals surface area contributed by atoms with Gasteiger partial charge in [0, 0.05) is 11.8 Å². The van der Waals surface area contributed by atoms with Crippen molar-refractivity contribution in [2.75, 3.05) is 0 Å². The first-order chi connectivity index (χ1) is 10.1. The molecular formula is C16H18FN3O. The van der Waals surface area contributed by atoms with E-state index in [1.165, 1.54) is 0 Å². The Morgan fingerprint density at radius 1 is 1.33 bits per heavy atom. The fraction of sp³-hybridized carbons (Fsp3) is 0.500. The maximum atomic E-state index is 14.2. The molecule has 5 heteroatoms. The topological polar surface area (TPSA) is 50.9 Å². The van der Waals surface area contributed by atoms with Crippen molar-refractivity contribution in [3.63, 3.8) is 0 Å². The second-order valence-electron chi connectivity index (χ2n) is 6.46. The Labute approximate surface area is 122 Å². The Hall–Kier alpha value is -1.75. The Kier molecular flexibility index (Phi) is 2.70. The van der Waals surface area contributed by atoms with Gasteiger partial charge in [-0.15, -0.1) is 0 Å². The van der Waals surface area contributed by atoms with E-state index in [1.54, 1.807) is 4.68 Å². The number of fused-ring (bicyclic) bond motifs is 1. The molecule has 0 amide bonds. The standard InChI is InChI=1S/C16H18FN3O/c1-16(7-8-16)13(21)14-18-15-11(17)9-12(20(15)19-14)10-5-3-2-4-6-10/h2-6,11-13,21H,7-9H2,1H3/t11-,12-,13-/m0/s1. The lowest BCUT2D eigenvalue weighted by Gasteiger charge is -2.15. The van der Waals surface area contributed by atoms with E-state index in [1.807, 2.05) is 37.3 Å². The molecular weight excluding hydrogens is 269 g/mol. The summed E-state index contributed by atoms with van der Waals surface area (Å²) in [5.74, 6) is 0.718. The third-order valence-electron chi connectivity index (χ3n) is 4.81. The normalized spacial score (nSPS) is 27.4. The highest BCUT2D eigenvalue weighted by Crippen LogP contribution is 2.54. The first-order valence-electron chi connectivity index (χ1n) is 7.42. The van der Waals surface area contributed by atoms with Gasteiger partial charge in [-0.2, -0.15) is 5.10 Å². The van der Waals surface area contributed by atoms with Crippen LogP contribution >= 0.6 is 0 Å². The Morgan fingerprint density at radius 3 is 2.71 bits per heavy atom. The van der Waals surface area contributed by atoms with Gasteiger partial charge in [0.15, 0.2) is 17.8 Å². The number of hydrogen-bond acceptors (Lipinski definition) is 3. The Balaban J connectivity index is 1.71. The molecule has 2 aliphatic rings. The molecule has 1 aliphatic carbocycles. The number of rotatable bonds is 3. The van der Waals surface area contributed by atoms with E-state index in [9.17, 15) is 9.50 Å². The van der Waals surface area contributed by atoms with Crippen LogP contribution < -0.4 is 0 Å². The average molecular weight is 287 g/mol. The molecule has 1 aromatic heterocycles. The summed E-state index contributed by atoms with van der Waals surface area (Å²) in [6.45, 7) is 2.02. The van der Waals surface area contributed by atoms with Crippen molar-refractivity contribution in [2.45, 2.75) is 44.5 Å². The third kappa shape index (κ3) is 1.99. The second-order valence-corrected chi connectivity index (χ2v) is 6.46. The van der Waals surface area contributed by atoms with Crippen LogP contribution in [0.4, 0.5) is 4.39 Å². The van der Waals surface area contributed by atoms with Crippen LogP contribution in [0.2, 0.25) is 0 Å². The van der Waals surface area contributed by atoms with Crippen LogP contribution in [0.3, 0.4) is 0 Å². The smallest absolute Gasteiger partial charge is 0.180 e. The molecule has 1 aliphatic heterocycles. The summed E-state index contributed by atoms with van der Waals surface area (Å²) in [5, 5.41) is 14.8. The van der Waals surface area contributed by atoms with Gasteiger partial charge in [0.05, 0.1) is 6.04 Å². The molecule has 21 heavy (non-hydrogen) atoms. The molecule has 2 aromatic rings. The minimum Gasteiger partial charge on any atom is -0.384 e. The van der Waals surface area contributed by atoms with E-state index in [0.29, 0.717) is 18.1 Å². The fourth-order valence-corrected chi connectivity index (χ4v) is 3.05. The molecule has 110 valence electrons. The number of hydrogen-bond donors (Lipinski definition) is 1. The SMILES string of the molecule is CC1([C@@H](O)c2nc3n(n2)[C@H](c2ccccc2)C[C@@H]3F)CC1. The van der Waals surface area contributed by atoms with Crippen LogP contribution in [0, 0.1) is 5.41 Å². The number of aliphatic hydroxyl groups excluding tert-OH is 1. The first-order valence-corrected chi connectivity index (χ1v) is 7.42. The summed E-state index contributed by atoms with van der Waals surface area (Å²) in [7, 11) is 0. The molecule has 1 N–H and O–H groups in total. The van der Waals surface area contributed by atoms with Crippen LogP contribution in [-0.2, 0) is 0 Å². The highest BCUT2D eigenvalue weighted by molar-refractivity contribution is 5.24. The number of halogens is 1.